The first kappa shape index (κ1) is 13.1. The van der Waals surface area contributed by atoms with Gasteiger partial charge in [0.25, 0.3) is 5.91 Å². The fourth-order valence-electron chi connectivity index (χ4n) is 2.12. The minimum atomic E-state index is -0.242. The Balaban J connectivity index is 1.90. The van der Waals surface area contributed by atoms with Crippen LogP contribution in [0.2, 0.25) is 0 Å². The first-order chi connectivity index (χ1) is 10.3. The van der Waals surface area contributed by atoms with Crippen molar-refractivity contribution in [2.45, 2.75) is 0 Å². The van der Waals surface area contributed by atoms with E-state index in [0.717, 1.165) is 16.8 Å². The largest absolute Gasteiger partial charge is 0.496 e. The van der Waals surface area contributed by atoms with Gasteiger partial charge >= 0.3 is 0 Å². The summed E-state index contributed by atoms with van der Waals surface area (Å²) in [5.74, 6) is 0.464. The molecule has 0 aliphatic carbocycles. The van der Waals surface area contributed by atoms with E-state index in [-0.39, 0.29) is 5.91 Å². The lowest BCUT2D eigenvalue weighted by atomic mass is 10.1. The summed E-state index contributed by atoms with van der Waals surface area (Å²) in [6.45, 7) is 0. The van der Waals surface area contributed by atoms with E-state index in [1.54, 1.807) is 13.3 Å². The van der Waals surface area contributed by atoms with Gasteiger partial charge in [0.2, 0.25) is 0 Å². The SMILES string of the molecule is COc1ccccc1/C=N/N=C1C(=O)Nc2ccccc21. The highest BCUT2D eigenvalue weighted by atomic mass is 16.5. The topological polar surface area (TPSA) is 63.1 Å². The molecule has 104 valence electrons. The third-order valence-corrected chi connectivity index (χ3v) is 3.14. The summed E-state index contributed by atoms with van der Waals surface area (Å²) in [5.41, 5.74) is 2.64. The van der Waals surface area contributed by atoms with Gasteiger partial charge in [-0.1, -0.05) is 30.3 Å². The molecule has 1 amide bonds. The Labute approximate surface area is 122 Å². The maximum atomic E-state index is 11.9. The molecule has 5 heteroatoms. The lowest BCUT2D eigenvalue weighted by Gasteiger charge is -2.01. The molecule has 0 saturated heterocycles. The number of rotatable bonds is 3. The minimum Gasteiger partial charge on any atom is -0.496 e. The van der Waals surface area contributed by atoms with E-state index in [1.165, 1.54) is 0 Å². The molecule has 0 spiro atoms. The lowest BCUT2D eigenvalue weighted by molar-refractivity contribution is -0.110. The number of benzene rings is 2. The van der Waals surface area contributed by atoms with Gasteiger partial charge in [0, 0.05) is 11.1 Å². The van der Waals surface area contributed by atoms with Crippen LogP contribution in [0.15, 0.2) is 58.7 Å². The fraction of sp³-hybridized carbons (Fsp3) is 0.0625. The zero-order valence-electron chi connectivity index (χ0n) is 11.4. The Morgan fingerprint density at radius 3 is 2.71 bits per heavy atom. The molecule has 5 nitrogen and oxygen atoms in total. The Morgan fingerprint density at radius 2 is 1.86 bits per heavy atom. The van der Waals surface area contributed by atoms with Gasteiger partial charge in [0.05, 0.1) is 19.0 Å². The molecule has 0 radical (unpaired) electrons. The molecule has 1 N–H and O–H groups in total. The van der Waals surface area contributed by atoms with Gasteiger partial charge in [-0.25, -0.2) is 0 Å². The molecule has 0 aromatic heterocycles. The van der Waals surface area contributed by atoms with E-state index in [0.29, 0.717) is 11.5 Å². The monoisotopic (exact) mass is 279 g/mol. The van der Waals surface area contributed by atoms with E-state index in [9.17, 15) is 4.79 Å². The first-order valence-corrected chi connectivity index (χ1v) is 6.44. The lowest BCUT2D eigenvalue weighted by Crippen LogP contribution is -2.13. The molecule has 2 aromatic carbocycles. The number of hydrogen-bond donors (Lipinski definition) is 1. The average molecular weight is 279 g/mol. The number of carbonyl (C=O) groups is 1. The Hall–Kier alpha value is -2.95. The van der Waals surface area contributed by atoms with Crippen molar-refractivity contribution < 1.29 is 9.53 Å². The Morgan fingerprint density at radius 1 is 1.10 bits per heavy atom. The molecule has 21 heavy (non-hydrogen) atoms. The second-order valence-electron chi connectivity index (χ2n) is 4.43. The molecule has 2 aromatic rings. The maximum Gasteiger partial charge on any atom is 0.276 e. The highest BCUT2D eigenvalue weighted by Crippen LogP contribution is 2.22. The standard InChI is InChI=1S/C16H13N3O2/c1-21-14-9-5-2-6-11(14)10-17-19-15-12-7-3-4-8-13(12)18-16(15)20/h2-10H,1H3,(H,18,19,20)/b17-10+. The number of anilines is 1. The van der Waals surface area contributed by atoms with Gasteiger partial charge < -0.3 is 10.1 Å². The van der Waals surface area contributed by atoms with E-state index in [2.05, 4.69) is 15.5 Å². The minimum absolute atomic E-state index is 0.242. The number of ether oxygens (including phenoxy) is 1. The van der Waals surface area contributed by atoms with Crippen molar-refractivity contribution in [3.8, 4) is 5.75 Å². The van der Waals surface area contributed by atoms with Gasteiger partial charge in [-0.3, -0.25) is 4.79 Å². The molecule has 0 fully saturated rings. The summed E-state index contributed by atoms with van der Waals surface area (Å²) in [4.78, 5) is 11.9. The smallest absolute Gasteiger partial charge is 0.276 e. The molecular formula is C16H13N3O2. The van der Waals surface area contributed by atoms with Crippen LogP contribution in [-0.4, -0.2) is 24.9 Å². The molecule has 3 rings (SSSR count). The molecular weight excluding hydrogens is 266 g/mol. The predicted molar refractivity (Wildman–Crippen MR) is 82.2 cm³/mol. The zero-order chi connectivity index (χ0) is 14.7. The van der Waals surface area contributed by atoms with Crippen molar-refractivity contribution in [3.63, 3.8) is 0 Å². The van der Waals surface area contributed by atoms with Crippen molar-refractivity contribution in [1.29, 1.82) is 0 Å². The van der Waals surface area contributed by atoms with Crippen LogP contribution in [0.3, 0.4) is 0 Å². The third kappa shape index (κ3) is 2.53. The number of fused-ring (bicyclic) bond motifs is 1. The number of para-hydroxylation sites is 2. The number of nitrogens with one attached hydrogen (secondary N) is 1. The Bertz CT molecular complexity index is 751. The average Bonchev–Trinajstić information content (AvgIpc) is 2.84. The molecule has 1 aliphatic rings. The molecule has 1 aliphatic heterocycles. The number of hydrogen-bond acceptors (Lipinski definition) is 4. The normalized spacial score (nSPS) is 15.3. The van der Waals surface area contributed by atoms with Gasteiger partial charge in [0.15, 0.2) is 5.71 Å². The van der Waals surface area contributed by atoms with Crippen LogP contribution in [0.5, 0.6) is 5.75 Å². The van der Waals surface area contributed by atoms with Crippen molar-refractivity contribution >= 4 is 23.5 Å². The third-order valence-electron chi connectivity index (χ3n) is 3.14. The summed E-state index contributed by atoms with van der Waals surface area (Å²) in [7, 11) is 1.60. The number of amides is 1. The molecule has 0 atom stereocenters. The van der Waals surface area contributed by atoms with Crippen LogP contribution < -0.4 is 10.1 Å². The van der Waals surface area contributed by atoms with Crippen LogP contribution in [0, 0.1) is 0 Å². The van der Waals surface area contributed by atoms with Gasteiger partial charge in [-0.05, 0) is 18.2 Å². The van der Waals surface area contributed by atoms with Crippen LogP contribution in [-0.2, 0) is 4.79 Å². The van der Waals surface area contributed by atoms with Crippen molar-refractivity contribution in [1.82, 2.24) is 0 Å². The molecule has 0 saturated carbocycles. The van der Waals surface area contributed by atoms with E-state index >= 15 is 0 Å². The van der Waals surface area contributed by atoms with Crippen LogP contribution >= 0.6 is 0 Å². The molecule has 0 bridgehead atoms. The van der Waals surface area contributed by atoms with Crippen LogP contribution in [0.25, 0.3) is 0 Å². The van der Waals surface area contributed by atoms with E-state index in [1.807, 2.05) is 48.5 Å². The van der Waals surface area contributed by atoms with Crippen molar-refractivity contribution in [2.24, 2.45) is 10.2 Å². The number of nitrogens with zero attached hydrogens (tertiary/aromatic N) is 2. The van der Waals surface area contributed by atoms with Crippen molar-refractivity contribution in [2.75, 3.05) is 12.4 Å². The van der Waals surface area contributed by atoms with E-state index < -0.39 is 0 Å². The summed E-state index contributed by atoms with van der Waals surface area (Å²) in [6, 6.07) is 14.9. The van der Waals surface area contributed by atoms with Crippen LogP contribution in [0.1, 0.15) is 11.1 Å². The summed E-state index contributed by atoms with van der Waals surface area (Å²) in [5, 5.41) is 10.8. The maximum absolute atomic E-state index is 11.9. The summed E-state index contributed by atoms with van der Waals surface area (Å²) < 4.78 is 5.23. The predicted octanol–water partition coefficient (Wildman–Crippen LogP) is 2.47. The second-order valence-corrected chi connectivity index (χ2v) is 4.43. The first-order valence-electron chi connectivity index (χ1n) is 6.44. The molecule has 0 unspecified atom stereocenters. The van der Waals surface area contributed by atoms with Crippen LogP contribution in [0.4, 0.5) is 5.69 Å². The van der Waals surface area contributed by atoms with Crippen molar-refractivity contribution in [3.05, 3.63) is 59.7 Å². The fourth-order valence-corrected chi connectivity index (χ4v) is 2.12. The summed E-state index contributed by atoms with van der Waals surface area (Å²) >= 11 is 0. The highest BCUT2D eigenvalue weighted by molar-refractivity contribution is 6.53. The van der Waals surface area contributed by atoms with E-state index in [4.69, 9.17) is 4.74 Å². The Kier molecular flexibility index (Phi) is 3.47. The van der Waals surface area contributed by atoms with Gasteiger partial charge in [-0.15, -0.1) is 5.10 Å². The number of methoxy groups -OCH3 is 1. The highest BCUT2D eigenvalue weighted by Gasteiger charge is 2.25. The van der Waals surface area contributed by atoms with Gasteiger partial charge in [0.1, 0.15) is 5.75 Å². The van der Waals surface area contributed by atoms with Gasteiger partial charge in [-0.2, -0.15) is 5.10 Å². The number of carbonyl (C=O) groups excluding carboxylic acids is 1. The summed E-state index contributed by atoms with van der Waals surface area (Å²) in [6.07, 6.45) is 1.57. The molecule has 1 heterocycles. The second kappa shape index (κ2) is 5.58. The quantitative estimate of drug-likeness (QED) is 0.693. The zero-order valence-corrected chi connectivity index (χ0v) is 11.4.